The first-order valence-electron chi connectivity index (χ1n) is 5.00. The van der Waals surface area contributed by atoms with Crippen molar-refractivity contribution in [1.29, 1.82) is 0 Å². The van der Waals surface area contributed by atoms with Crippen molar-refractivity contribution < 1.29 is 13.2 Å². The van der Waals surface area contributed by atoms with Gasteiger partial charge in [0.05, 0.1) is 5.56 Å². The van der Waals surface area contributed by atoms with E-state index < -0.39 is 11.7 Å². The summed E-state index contributed by atoms with van der Waals surface area (Å²) < 4.78 is 37.5. The summed E-state index contributed by atoms with van der Waals surface area (Å²) in [6.45, 7) is 0.497. The van der Waals surface area contributed by atoms with Gasteiger partial charge in [-0.25, -0.2) is 0 Å². The third-order valence-electron chi connectivity index (χ3n) is 2.95. The van der Waals surface area contributed by atoms with E-state index in [1.165, 1.54) is 6.07 Å². The fraction of sp³-hybridized carbons (Fsp3) is 0.455. The van der Waals surface area contributed by atoms with Crippen molar-refractivity contribution in [1.82, 2.24) is 0 Å². The molecule has 16 heavy (non-hydrogen) atoms. The molecule has 1 aliphatic rings. The molecule has 0 radical (unpaired) electrons. The van der Waals surface area contributed by atoms with E-state index in [0.29, 0.717) is 17.1 Å². The summed E-state index contributed by atoms with van der Waals surface area (Å²) in [5.74, 6) is 0.376. The number of alkyl halides is 3. The SMILES string of the molecule is NC[C@@H]1C[C@H]1c1cc(C(F)(F)F)ccc1Cl. The van der Waals surface area contributed by atoms with Crippen LogP contribution in [0.15, 0.2) is 18.2 Å². The molecular formula is C11H11ClF3N. The molecule has 2 N–H and O–H groups in total. The van der Waals surface area contributed by atoms with Gasteiger partial charge >= 0.3 is 6.18 Å². The van der Waals surface area contributed by atoms with Crippen LogP contribution in [0.3, 0.4) is 0 Å². The van der Waals surface area contributed by atoms with E-state index in [9.17, 15) is 13.2 Å². The van der Waals surface area contributed by atoms with Crippen molar-refractivity contribution in [3.63, 3.8) is 0 Å². The Morgan fingerprint density at radius 1 is 1.38 bits per heavy atom. The van der Waals surface area contributed by atoms with E-state index in [4.69, 9.17) is 17.3 Å². The summed E-state index contributed by atoms with van der Waals surface area (Å²) in [6.07, 6.45) is -3.48. The van der Waals surface area contributed by atoms with Crippen molar-refractivity contribution >= 4 is 11.6 Å². The molecule has 2 atom stereocenters. The third-order valence-corrected chi connectivity index (χ3v) is 3.29. The highest BCUT2D eigenvalue weighted by Gasteiger charge is 2.40. The Balaban J connectivity index is 2.31. The van der Waals surface area contributed by atoms with Gasteiger partial charge in [0.25, 0.3) is 0 Å². The molecule has 2 rings (SSSR count). The molecule has 1 aliphatic carbocycles. The lowest BCUT2D eigenvalue weighted by Gasteiger charge is -2.10. The van der Waals surface area contributed by atoms with Gasteiger partial charge in [-0.3, -0.25) is 0 Å². The van der Waals surface area contributed by atoms with Crippen LogP contribution in [0.4, 0.5) is 13.2 Å². The highest BCUT2D eigenvalue weighted by Crippen LogP contribution is 2.49. The quantitative estimate of drug-likeness (QED) is 0.854. The molecule has 0 aromatic heterocycles. The van der Waals surface area contributed by atoms with Crippen LogP contribution in [0.5, 0.6) is 0 Å². The molecule has 1 aromatic carbocycles. The number of nitrogens with two attached hydrogens (primary N) is 1. The Morgan fingerprint density at radius 2 is 2.06 bits per heavy atom. The van der Waals surface area contributed by atoms with Crippen molar-refractivity contribution in [3.8, 4) is 0 Å². The lowest BCUT2D eigenvalue weighted by atomic mass is 10.1. The van der Waals surface area contributed by atoms with Gasteiger partial charge in [-0.2, -0.15) is 13.2 Å². The Labute approximate surface area is 96.4 Å². The van der Waals surface area contributed by atoms with Crippen LogP contribution in [-0.2, 0) is 6.18 Å². The van der Waals surface area contributed by atoms with Gasteiger partial charge in [-0.1, -0.05) is 11.6 Å². The van der Waals surface area contributed by atoms with Crippen LogP contribution < -0.4 is 5.73 Å². The minimum atomic E-state index is -4.31. The molecule has 0 heterocycles. The second-order valence-electron chi connectivity index (χ2n) is 4.07. The fourth-order valence-electron chi connectivity index (χ4n) is 1.89. The summed E-state index contributed by atoms with van der Waals surface area (Å²) in [5, 5.41) is 0.397. The Hall–Kier alpha value is -0.740. The average molecular weight is 250 g/mol. The highest BCUT2D eigenvalue weighted by molar-refractivity contribution is 6.31. The number of halogens is 4. The summed E-state index contributed by atoms with van der Waals surface area (Å²) in [6, 6.07) is 3.46. The second-order valence-corrected chi connectivity index (χ2v) is 4.48. The van der Waals surface area contributed by atoms with Gasteiger partial charge in [-0.05, 0) is 48.6 Å². The van der Waals surface area contributed by atoms with Crippen LogP contribution in [0.1, 0.15) is 23.5 Å². The Kier molecular flexibility index (Phi) is 2.88. The molecule has 0 aliphatic heterocycles. The smallest absolute Gasteiger partial charge is 0.330 e. The van der Waals surface area contributed by atoms with E-state index in [-0.39, 0.29) is 11.8 Å². The van der Waals surface area contributed by atoms with Crippen LogP contribution in [-0.4, -0.2) is 6.54 Å². The summed E-state index contributed by atoms with van der Waals surface area (Å²) in [7, 11) is 0. The molecule has 0 amide bonds. The largest absolute Gasteiger partial charge is 0.416 e. The second kappa shape index (κ2) is 3.93. The van der Waals surface area contributed by atoms with Gasteiger partial charge in [0.1, 0.15) is 0 Å². The maximum atomic E-state index is 12.5. The molecule has 1 fully saturated rings. The number of hydrogen-bond donors (Lipinski definition) is 1. The molecule has 88 valence electrons. The molecule has 0 bridgehead atoms. The first-order valence-corrected chi connectivity index (χ1v) is 5.38. The molecule has 5 heteroatoms. The maximum Gasteiger partial charge on any atom is 0.416 e. The molecule has 1 aromatic rings. The number of benzene rings is 1. The zero-order valence-electron chi connectivity index (χ0n) is 8.39. The summed E-state index contributed by atoms with van der Waals surface area (Å²) in [4.78, 5) is 0. The molecule has 1 nitrogen and oxygen atoms in total. The van der Waals surface area contributed by atoms with Gasteiger partial charge in [0.2, 0.25) is 0 Å². The van der Waals surface area contributed by atoms with Crippen LogP contribution in [0.2, 0.25) is 5.02 Å². The van der Waals surface area contributed by atoms with Gasteiger partial charge in [0.15, 0.2) is 0 Å². The van der Waals surface area contributed by atoms with E-state index in [1.807, 2.05) is 0 Å². The monoisotopic (exact) mass is 249 g/mol. The molecule has 0 unspecified atom stereocenters. The Morgan fingerprint density at radius 3 is 2.56 bits per heavy atom. The molecule has 0 spiro atoms. The zero-order valence-corrected chi connectivity index (χ0v) is 9.15. The third kappa shape index (κ3) is 2.18. The standard InChI is InChI=1S/C11H11ClF3N/c12-10-2-1-7(11(13,14)15)4-9(10)8-3-6(8)5-16/h1-2,4,6,8H,3,5,16H2/t6-,8+/m0/s1. The average Bonchev–Trinajstić information content (AvgIpc) is 2.95. The molecule has 0 saturated heterocycles. The number of rotatable bonds is 2. The molecular weight excluding hydrogens is 239 g/mol. The van der Waals surface area contributed by atoms with Crippen molar-refractivity contribution in [2.45, 2.75) is 18.5 Å². The minimum Gasteiger partial charge on any atom is -0.330 e. The first-order chi connectivity index (χ1) is 7.43. The van der Waals surface area contributed by atoms with Crippen molar-refractivity contribution in [2.24, 2.45) is 11.7 Å². The van der Waals surface area contributed by atoms with Gasteiger partial charge in [0, 0.05) is 5.02 Å². The number of hydrogen-bond acceptors (Lipinski definition) is 1. The molecule has 1 saturated carbocycles. The van der Waals surface area contributed by atoms with E-state index in [2.05, 4.69) is 0 Å². The Bertz CT molecular complexity index is 403. The van der Waals surface area contributed by atoms with Gasteiger partial charge in [-0.15, -0.1) is 0 Å². The topological polar surface area (TPSA) is 26.0 Å². The van der Waals surface area contributed by atoms with Crippen LogP contribution in [0.25, 0.3) is 0 Å². The minimum absolute atomic E-state index is 0.0970. The highest BCUT2D eigenvalue weighted by atomic mass is 35.5. The van der Waals surface area contributed by atoms with Gasteiger partial charge < -0.3 is 5.73 Å². The fourth-order valence-corrected chi connectivity index (χ4v) is 2.15. The van der Waals surface area contributed by atoms with Crippen LogP contribution >= 0.6 is 11.6 Å². The lowest BCUT2D eigenvalue weighted by molar-refractivity contribution is -0.137. The lowest BCUT2D eigenvalue weighted by Crippen LogP contribution is -2.06. The predicted molar refractivity (Wildman–Crippen MR) is 56.4 cm³/mol. The summed E-state index contributed by atoms with van der Waals surface area (Å²) >= 11 is 5.90. The summed E-state index contributed by atoms with van der Waals surface area (Å²) in [5.41, 5.74) is 5.40. The predicted octanol–water partition coefficient (Wildman–Crippen LogP) is 3.42. The maximum absolute atomic E-state index is 12.5. The van der Waals surface area contributed by atoms with E-state index in [1.54, 1.807) is 0 Å². The first kappa shape index (κ1) is 11.7. The zero-order chi connectivity index (χ0) is 11.9. The van der Waals surface area contributed by atoms with Crippen molar-refractivity contribution in [3.05, 3.63) is 34.3 Å². The van der Waals surface area contributed by atoms with E-state index >= 15 is 0 Å². The van der Waals surface area contributed by atoms with Crippen LogP contribution in [0, 0.1) is 5.92 Å². The van der Waals surface area contributed by atoms with E-state index in [0.717, 1.165) is 18.6 Å². The normalized spacial score (nSPS) is 24.6. The van der Waals surface area contributed by atoms with Crippen molar-refractivity contribution in [2.75, 3.05) is 6.54 Å².